The highest BCUT2D eigenvalue weighted by molar-refractivity contribution is 6.36. The molecule has 1 aliphatic heterocycles. The number of anilines is 1. The molecule has 3 aromatic rings. The van der Waals surface area contributed by atoms with E-state index in [9.17, 15) is 14.0 Å². The quantitative estimate of drug-likeness (QED) is 0.526. The van der Waals surface area contributed by atoms with Crippen molar-refractivity contribution in [3.05, 3.63) is 106 Å². The third kappa shape index (κ3) is 4.23. The first-order chi connectivity index (χ1) is 15.0. The lowest BCUT2D eigenvalue weighted by molar-refractivity contribution is -0.137. The Labute approximate surface area is 185 Å². The second-order valence-electron chi connectivity index (χ2n) is 7.22. The van der Waals surface area contributed by atoms with Crippen molar-refractivity contribution in [3.8, 4) is 0 Å². The third-order valence-corrected chi connectivity index (χ3v) is 5.59. The highest BCUT2D eigenvalue weighted by atomic mass is 35.5. The molecule has 0 fully saturated rings. The molecular formula is C25H20ClFN2O2. The second-order valence-corrected chi connectivity index (χ2v) is 7.63. The van der Waals surface area contributed by atoms with E-state index in [4.69, 9.17) is 11.6 Å². The van der Waals surface area contributed by atoms with E-state index in [1.165, 1.54) is 24.3 Å². The summed E-state index contributed by atoms with van der Waals surface area (Å²) in [4.78, 5) is 27.7. The topological polar surface area (TPSA) is 49.4 Å². The first-order valence-electron chi connectivity index (χ1n) is 9.93. The van der Waals surface area contributed by atoms with Gasteiger partial charge in [-0.15, -0.1) is 0 Å². The number of carbonyl (C=O) groups excluding carboxylic acids is 2. The van der Waals surface area contributed by atoms with Crippen molar-refractivity contribution in [2.45, 2.75) is 19.9 Å². The van der Waals surface area contributed by atoms with Crippen LogP contribution in [0, 0.1) is 5.82 Å². The lowest BCUT2D eigenvalue weighted by atomic mass is 10.0. The summed E-state index contributed by atoms with van der Waals surface area (Å²) in [5, 5.41) is 3.58. The van der Waals surface area contributed by atoms with Gasteiger partial charge < -0.3 is 5.32 Å². The Kier molecular flexibility index (Phi) is 5.87. The van der Waals surface area contributed by atoms with Crippen LogP contribution >= 0.6 is 11.6 Å². The molecule has 3 aromatic carbocycles. The van der Waals surface area contributed by atoms with Gasteiger partial charge in [0.25, 0.3) is 11.8 Å². The summed E-state index contributed by atoms with van der Waals surface area (Å²) >= 11 is 6.24. The van der Waals surface area contributed by atoms with Gasteiger partial charge in [-0.3, -0.25) is 14.5 Å². The Bertz CT molecular complexity index is 1170. The summed E-state index contributed by atoms with van der Waals surface area (Å²) in [5.74, 6) is -1.33. The molecule has 0 bridgehead atoms. The fourth-order valence-electron chi connectivity index (χ4n) is 3.49. The number of hydrogen-bond donors (Lipinski definition) is 1. The van der Waals surface area contributed by atoms with Crippen molar-refractivity contribution < 1.29 is 14.0 Å². The number of nitrogens with one attached hydrogen (secondary N) is 1. The maximum Gasteiger partial charge on any atom is 0.278 e. The number of halogens is 2. The molecule has 1 N–H and O–H groups in total. The average molecular weight is 435 g/mol. The molecule has 0 radical (unpaired) electrons. The van der Waals surface area contributed by atoms with Gasteiger partial charge in [0, 0.05) is 10.7 Å². The molecule has 6 heteroatoms. The summed E-state index contributed by atoms with van der Waals surface area (Å²) in [6.07, 6.45) is 0.896. The molecule has 0 unspecified atom stereocenters. The molecule has 156 valence electrons. The first-order valence-corrected chi connectivity index (χ1v) is 10.3. The maximum absolute atomic E-state index is 13.5. The van der Waals surface area contributed by atoms with Crippen LogP contribution in [-0.2, 0) is 22.6 Å². The fourth-order valence-corrected chi connectivity index (χ4v) is 3.68. The molecule has 1 heterocycles. The van der Waals surface area contributed by atoms with Crippen LogP contribution in [0.3, 0.4) is 0 Å². The van der Waals surface area contributed by atoms with Crippen molar-refractivity contribution in [1.82, 2.24) is 4.90 Å². The minimum Gasteiger partial charge on any atom is -0.350 e. The molecule has 0 atom stereocenters. The number of rotatable bonds is 6. The van der Waals surface area contributed by atoms with E-state index in [2.05, 4.69) is 12.2 Å². The second kappa shape index (κ2) is 8.74. The van der Waals surface area contributed by atoms with E-state index in [0.29, 0.717) is 21.8 Å². The van der Waals surface area contributed by atoms with Gasteiger partial charge in [0.05, 0.1) is 12.1 Å². The Hall–Kier alpha value is -3.44. The van der Waals surface area contributed by atoms with Crippen LogP contribution in [0.4, 0.5) is 10.1 Å². The molecule has 0 aliphatic carbocycles. The molecule has 0 spiro atoms. The summed E-state index contributed by atoms with van der Waals surface area (Å²) in [6.45, 7) is 2.10. The number of benzene rings is 3. The summed E-state index contributed by atoms with van der Waals surface area (Å²) in [6, 6.07) is 20.3. The normalized spacial score (nSPS) is 13.8. The molecular weight excluding hydrogens is 415 g/mol. The summed E-state index contributed by atoms with van der Waals surface area (Å²) in [7, 11) is 0. The lowest BCUT2D eigenvalue weighted by Crippen LogP contribution is -2.32. The van der Waals surface area contributed by atoms with Gasteiger partial charge in [-0.25, -0.2) is 4.39 Å². The van der Waals surface area contributed by atoms with Crippen LogP contribution in [0.15, 0.2) is 78.5 Å². The SMILES string of the molecule is CCc1ccc(NC2=C(c3ccc(F)cc3)C(=O)N(Cc3ccccc3Cl)C2=O)cc1. The summed E-state index contributed by atoms with van der Waals surface area (Å²) < 4.78 is 13.5. The minimum atomic E-state index is -0.455. The van der Waals surface area contributed by atoms with Crippen LogP contribution in [0.25, 0.3) is 5.57 Å². The van der Waals surface area contributed by atoms with Gasteiger partial charge in [0.1, 0.15) is 11.5 Å². The molecule has 0 saturated heterocycles. The van der Waals surface area contributed by atoms with Crippen molar-refractivity contribution in [2.24, 2.45) is 0 Å². The van der Waals surface area contributed by atoms with E-state index in [1.807, 2.05) is 24.3 Å². The molecule has 2 amide bonds. The van der Waals surface area contributed by atoms with Crippen molar-refractivity contribution in [2.75, 3.05) is 5.32 Å². The Morgan fingerprint density at radius 3 is 2.23 bits per heavy atom. The number of aryl methyl sites for hydroxylation is 1. The monoisotopic (exact) mass is 434 g/mol. The third-order valence-electron chi connectivity index (χ3n) is 5.22. The number of carbonyl (C=O) groups is 2. The minimum absolute atomic E-state index is 0.0436. The largest absolute Gasteiger partial charge is 0.350 e. The van der Waals surface area contributed by atoms with Gasteiger partial charge in [0.2, 0.25) is 0 Å². The van der Waals surface area contributed by atoms with Gasteiger partial charge in [-0.05, 0) is 53.4 Å². The van der Waals surface area contributed by atoms with E-state index >= 15 is 0 Å². The fraction of sp³-hybridized carbons (Fsp3) is 0.120. The molecule has 1 aliphatic rings. The van der Waals surface area contributed by atoms with Crippen LogP contribution in [0.1, 0.15) is 23.6 Å². The molecule has 4 nitrogen and oxygen atoms in total. The molecule has 4 rings (SSSR count). The smallest absolute Gasteiger partial charge is 0.278 e. The standard InChI is InChI=1S/C25H20ClFN2O2/c1-2-16-7-13-20(14-8-16)28-23-22(17-9-11-19(27)12-10-17)24(30)29(25(23)31)15-18-5-3-4-6-21(18)26/h3-14,28H,2,15H2,1H3. The number of hydrogen-bond acceptors (Lipinski definition) is 3. The van der Waals surface area contributed by atoms with E-state index in [1.54, 1.807) is 24.3 Å². The van der Waals surface area contributed by atoms with Gasteiger partial charge in [-0.2, -0.15) is 0 Å². The Morgan fingerprint density at radius 1 is 0.903 bits per heavy atom. The van der Waals surface area contributed by atoms with Crippen molar-refractivity contribution in [1.29, 1.82) is 0 Å². The van der Waals surface area contributed by atoms with Crippen LogP contribution < -0.4 is 5.32 Å². The molecule has 0 aromatic heterocycles. The predicted molar refractivity (Wildman–Crippen MR) is 120 cm³/mol. The Balaban J connectivity index is 1.73. The van der Waals surface area contributed by atoms with Gasteiger partial charge in [-0.1, -0.05) is 61.0 Å². The highest BCUT2D eigenvalue weighted by Gasteiger charge is 2.39. The highest BCUT2D eigenvalue weighted by Crippen LogP contribution is 2.32. The van der Waals surface area contributed by atoms with Crippen LogP contribution in [0.5, 0.6) is 0 Å². The number of nitrogens with zero attached hydrogens (tertiary/aromatic N) is 1. The average Bonchev–Trinajstić information content (AvgIpc) is 3.00. The van der Waals surface area contributed by atoms with Crippen LogP contribution in [-0.4, -0.2) is 16.7 Å². The zero-order valence-corrected chi connectivity index (χ0v) is 17.6. The molecule has 31 heavy (non-hydrogen) atoms. The number of imide groups is 1. The van der Waals surface area contributed by atoms with Gasteiger partial charge in [0.15, 0.2) is 0 Å². The van der Waals surface area contributed by atoms with Crippen molar-refractivity contribution >= 4 is 34.7 Å². The first kappa shape index (κ1) is 20.8. The van der Waals surface area contributed by atoms with Gasteiger partial charge >= 0.3 is 0 Å². The maximum atomic E-state index is 13.5. The summed E-state index contributed by atoms with van der Waals surface area (Å²) in [5.41, 5.74) is 3.34. The van der Waals surface area contributed by atoms with Crippen LogP contribution in [0.2, 0.25) is 5.02 Å². The van der Waals surface area contributed by atoms with E-state index < -0.39 is 17.6 Å². The van der Waals surface area contributed by atoms with Crippen molar-refractivity contribution in [3.63, 3.8) is 0 Å². The lowest BCUT2D eigenvalue weighted by Gasteiger charge is -2.16. The van der Waals surface area contributed by atoms with E-state index in [0.717, 1.165) is 16.9 Å². The Morgan fingerprint density at radius 2 is 1.58 bits per heavy atom. The molecule has 0 saturated carbocycles. The zero-order valence-electron chi connectivity index (χ0n) is 16.9. The van der Waals surface area contributed by atoms with E-state index in [-0.39, 0.29) is 17.8 Å². The zero-order chi connectivity index (χ0) is 22.0. The predicted octanol–water partition coefficient (Wildman–Crippen LogP) is 5.43. The number of amides is 2.